The lowest BCUT2D eigenvalue weighted by Crippen LogP contribution is -2.30. The summed E-state index contributed by atoms with van der Waals surface area (Å²) in [6, 6.07) is 0. The molecule has 17 heavy (non-hydrogen) atoms. The van der Waals surface area contributed by atoms with Crippen LogP contribution in [-0.2, 0) is 13.8 Å². The van der Waals surface area contributed by atoms with Crippen LogP contribution >= 0.6 is 7.82 Å². The van der Waals surface area contributed by atoms with Crippen molar-refractivity contribution in [2.75, 3.05) is 7.11 Å². The van der Waals surface area contributed by atoms with E-state index in [9.17, 15) is 4.57 Å². The highest BCUT2D eigenvalue weighted by molar-refractivity contribution is 7.46. The SMILES string of the molecule is COC(CC1CC=CCC1)C(C)OP(=O)(O)O. The van der Waals surface area contributed by atoms with Crippen molar-refractivity contribution in [3.8, 4) is 0 Å². The summed E-state index contributed by atoms with van der Waals surface area (Å²) in [7, 11) is -2.89. The van der Waals surface area contributed by atoms with E-state index in [4.69, 9.17) is 14.5 Å². The van der Waals surface area contributed by atoms with Gasteiger partial charge in [0, 0.05) is 7.11 Å². The normalized spacial score (nSPS) is 24.6. The number of methoxy groups -OCH3 is 1. The van der Waals surface area contributed by atoms with Gasteiger partial charge >= 0.3 is 7.82 Å². The van der Waals surface area contributed by atoms with E-state index >= 15 is 0 Å². The van der Waals surface area contributed by atoms with Crippen molar-refractivity contribution in [2.24, 2.45) is 5.92 Å². The molecule has 0 spiro atoms. The molecule has 100 valence electrons. The minimum Gasteiger partial charge on any atom is -0.379 e. The van der Waals surface area contributed by atoms with E-state index in [2.05, 4.69) is 16.7 Å². The third-order valence-corrected chi connectivity index (χ3v) is 3.68. The highest BCUT2D eigenvalue weighted by Gasteiger charge is 2.28. The standard InChI is InChI=1S/C11H21O5P/c1-9(16-17(12,13)14)11(15-2)8-10-6-4-3-5-7-10/h3-4,9-11H,5-8H2,1-2H3,(H2,12,13,14). The number of ether oxygens (including phenoxy) is 1. The summed E-state index contributed by atoms with van der Waals surface area (Å²) >= 11 is 0. The molecule has 0 amide bonds. The van der Waals surface area contributed by atoms with E-state index in [-0.39, 0.29) is 6.10 Å². The molecule has 3 unspecified atom stereocenters. The molecular formula is C11H21O5P. The molecular weight excluding hydrogens is 243 g/mol. The molecule has 1 rings (SSSR count). The molecule has 0 aliphatic heterocycles. The Hall–Kier alpha value is -0.190. The van der Waals surface area contributed by atoms with E-state index in [0.717, 1.165) is 25.7 Å². The van der Waals surface area contributed by atoms with Crippen LogP contribution in [0.15, 0.2) is 12.2 Å². The smallest absolute Gasteiger partial charge is 0.379 e. The summed E-state index contributed by atoms with van der Waals surface area (Å²) in [5.41, 5.74) is 0. The van der Waals surface area contributed by atoms with Crippen LogP contribution in [0.25, 0.3) is 0 Å². The average molecular weight is 264 g/mol. The molecule has 0 aromatic rings. The quantitative estimate of drug-likeness (QED) is 0.568. The lowest BCUT2D eigenvalue weighted by atomic mass is 9.88. The van der Waals surface area contributed by atoms with Gasteiger partial charge in [0.15, 0.2) is 0 Å². The Morgan fingerprint density at radius 2 is 2.18 bits per heavy atom. The molecule has 1 aliphatic rings. The molecule has 6 heteroatoms. The van der Waals surface area contributed by atoms with Gasteiger partial charge in [0.2, 0.25) is 0 Å². The summed E-state index contributed by atoms with van der Waals surface area (Å²) in [6.45, 7) is 1.63. The molecule has 0 aromatic heterocycles. The lowest BCUT2D eigenvalue weighted by molar-refractivity contribution is -0.0160. The number of hydrogen-bond acceptors (Lipinski definition) is 3. The third kappa shape index (κ3) is 5.80. The van der Waals surface area contributed by atoms with E-state index in [1.807, 2.05) is 0 Å². The number of allylic oxidation sites excluding steroid dienone is 2. The average Bonchev–Trinajstić information content (AvgIpc) is 2.24. The number of phosphoric acid groups is 1. The Morgan fingerprint density at radius 3 is 2.65 bits per heavy atom. The van der Waals surface area contributed by atoms with Crippen LogP contribution in [0.1, 0.15) is 32.6 Å². The maximum atomic E-state index is 10.8. The van der Waals surface area contributed by atoms with Crippen LogP contribution in [-0.4, -0.2) is 29.1 Å². The highest BCUT2D eigenvalue weighted by Crippen LogP contribution is 2.39. The monoisotopic (exact) mass is 264 g/mol. The summed E-state index contributed by atoms with van der Waals surface area (Å²) in [5, 5.41) is 0. The topological polar surface area (TPSA) is 76.0 Å². The van der Waals surface area contributed by atoms with Crippen LogP contribution in [0.5, 0.6) is 0 Å². The molecule has 0 radical (unpaired) electrons. The molecule has 3 atom stereocenters. The van der Waals surface area contributed by atoms with Crippen LogP contribution in [0.3, 0.4) is 0 Å². The predicted molar refractivity (Wildman–Crippen MR) is 64.5 cm³/mol. The minimum absolute atomic E-state index is 0.279. The van der Waals surface area contributed by atoms with Crippen molar-refractivity contribution in [1.29, 1.82) is 0 Å². The van der Waals surface area contributed by atoms with Crippen molar-refractivity contribution in [2.45, 2.75) is 44.8 Å². The zero-order chi connectivity index (χ0) is 12.9. The van der Waals surface area contributed by atoms with Gasteiger partial charge in [0.1, 0.15) is 0 Å². The molecule has 0 fully saturated rings. The van der Waals surface area contributed by atoms with E-state index in [0.29, 0.717) is 5.92 Å². The third-order valence-electron chi connectivity index (χ3n) is 3.07. The van der Waals surface area contributed by atoms with Crippen molar-refractivity contribution in [3.05, 3.63) is 12.2 Å². The second-order valence-corrected chi connectivity index (χ2v) is 5.65. The molecule has 2 N–H and O–H groups in total. The summed E-state index contributed by atoms with van der Waals surface area (Å²) in [4.78, 5) is 17.5. The molecule has 1 aliphatic carbocycles. The van der Waals surface area contributed by atoms with Crippen molar-refractivity contribution in [1.82, 2.24) is 0 Å². The summed E-state index contributed by atoms with van der Waals surface area (Å²) in [5.74, 6) is 0.507. The van der Waals surface area contributed by atoms with Crippen LogP contribution in [0, 0.1) is 5.92 Å². The first-order valence-electron chi connectivity index (χ1n) is 5.84. The Kier molecular flexibility index (Phi) is 5.83. The zero-order valence-corrected chi connectivity index (χ0v) is 11.2. The maximum Gasteiger partial charge on any atom is 0.469 e. The Labute approximate surface area is 102 Å². The van der Waals surface area contributed by atoms with Gasteiger partial charge in [-0.15, -0.1) is 0 Å². The van der Waals surface area contributed by atoms with Gasteiger partial charge < -0.3 is 14.5 Å². The Bertz CT molecular complexity index is 298. The highest BCUT2D eigenvalue weighted by atomic mass is 31.2. The van der Waals surface area contributed by atoms with Gasteiger partial charge in [0.05, 0.1) is 12.2 Å². The van der Waals surface area contributed by atoms with Crippen LogP contribution in [0.2, 0.25) is 0 Å². The first-order chi connectivity index (χ1) is 7.92. The lowest BCUT2D eigenvalue weighted by Gasteiger charge is -2.27. The first kappa shape index (κ1) is 14.9. The van der Waals surface area contributed by atoms with Crippen LogP contribution < -0.4 is 0 Å². The first-order valence-corrected chi connectivity index (χ1v) is 7.37. The fourth-order valence-electron chi connectivity index (χ4n) is 2.16. The molecule has 0 saturated heterocycles. The number of phosphoric ester groups is 1. The Morgan fingerprint density at radius 1 is 1.47 bits per heavy atom. The molecule has 0 bridgehead atoms. The number of hydrogen-bond donors (Lipinski definition) is 2. The Balaban J connectivity index is 2.46. The second-order valence-electron chi connectivity index (χ2n) is 4.46. The molecule has 0 heterocycles. The van der Waals surface area contributed by atoms with Gasteiger partial charge in [-0.05, 0) is 38.5 Å². The molecule has 0 aromatic carbocycles. The predicted octanol–water partition coefficient (Wildman–Crippen LogP) is 2.25. The summed E-state index contributed by atoms with van der Waals surface area (Å²) < 4.78 is 20.7. The van der Waals surface area contributed by atoms with Crippen molar-refractivity contribution < 1.29 is 23.6 Å². The van der Waals surface area contributed by atoms with Gasteiger partial charge in [-0.1, -0.05) is 12.2 Å². The molecule has 5 nitrogen and oxygen atoms in total. The fraction of sp³-hybridized carbons (Fsp3) is 0.818. The zero-order valence-electron chi connectivity index (χ0n) is 10.3. The largest absolute Gasteiger partial charge is 0.469 e. The fourth-order valence-corrected chi connectivity index (χ4v) is 2.73. The summed E-state index contributed by atoms with van der Waals surface area (Å²) in [6.07, 6.45) is 7.35. The van der Waals surface area contributed by atoms with Gasteiger partial charge in [-0.3, -0.25) is 4.52 Å². The van der Waals surface area contributed by atoms with E-state index < -0.39 is 13.9 Å². The second kappa shape index (κ2) is 6.66. The van der Waals surface area contributed by atoms with E-state index in [1.54, 1.807) is 14.0 Å². The van der Waals surface area contributed by atoms with E-state index in [1.165, 1.54) is 0 Å². The van der Waals surface area contributed by atoms with Gasteiger partial charge in [-0.2, -0.15) is 0 Å². The van der Waals surface area contributed by atoms with Crippen molar-refractivity contribution >= 4 is 7.82 Å². The van der Waals surface area contributed by atoms with Crippen molar-refractivity contribution in [3.63, 3.8) is 0 Å². The van der Waals surface area contributed by atoms with Gasteiger partial charge in [-0.25, -0.2) is 4.57 Å². The maximum absolute atomic E-state index is 10.8. The van der Waals surface area contributed by atoms with Crippen LogP contribution in [0.4, 0.5) is 0 Å². The van der Waals surface area contributed by atoms with Gasteiger partial charge in [0.25, 0.3) is 0 Å². The minimum atomic E-state index is -4.44. The number of rotatable bonds is 6. The molecule has 0 saturated carbocycles.